The zero-order valence-electron chi connectivity index (χ0n) is 16.2. The fourth-order valence-corrected chi connectivity index (χ4v) is 4.03. The number of morpholine rings is 1. The SMILES string of the molecule is CC1=CCCC(C)(C)C1/C=C/C(=O)CCC(C)(C)N1CCOCC1. The van der Waals surface area contributed by atoms with Crippen LogP contribution in [0.15, 0.2) is 23.8 Å². The van der Waals surface area contributed by atoms with Crippen molar-refractivity contribution >= 4 is 5.78 Å². The monoisotopic (exact) mass is 333 g/mol. The van der Waals surface area contributed by atoms with E-state index in [1.165, 1.54) is 12.0 Å². The summed E-state index contributed by atoms with van der Waals surface area (Å²) in [5.74, 6) is 0.646. The van der Waals surface area contributed by atoms with Crippen molar-refractivity contribution in [3.05, 3.63) is 23.8 Å². The first-order chi connectivity index (χ1) is 11.2. The molecule has 0 saturated carbocycles. The molecule has 3 heteroatoms. The number of allylic oxidation sites excluding steroid dienone is 4. The quantitative estimate of drug-likeness (QED) is 0.533. The van der Waals surface area contributed by atoms with Crippen molar-refractivity contribution in [1.29, 1.82) is 0 Å². The van der Waals surface area contributed by atoms with Gasteiger partial charge in [0.15, 0.2) is 5.78 Å². The first-order valence-electron chi connectivity index (χ1n) is 9.43. The van der Waals surface area contributed by atoms with E-state index in [4.69, 9.17) is 4.74 Å². The third-order valence-corrected chi connectivity index (χ3v) is 5.91. The highest BCUT2D eigenvalue weighted by Gasteiger charge is 2.31. The van der Waals surface area contributed by atoms with Gasteiger partial charge in [-0.3, -0.25) is 9.69 Å². The highest BCUT2D eigenvalue weighted by Crippen LogP contribution is 2.41. The molecule has 1 heterocycles. The molecule has 0 aromatic rings. The maximum absolute atomic E-state index is 12.4. The van der Waals surface area contributed by atoms with E-state index in [1.807, 2.05) is 6.08 Å². The number of nitrogens with zero attached hydrogens (tertiary/aromatic N) is 1. The summed E-state index contributed by atoms with van der Waals surface area (Å²) in [7, 11) is 0. The summed E-state index contributed by atoms with van der Waals surface area (Å²) in [5, 5.41) is 0. The summed E-state index contributed by atoms with van der Waals surface area (Å²) in [4.78, 5) is 14.8. The predicted octanol–water partition coefficient (Wildman–Crippen LogP) is 4.39. The molecule has 1 aliphatic heterocycles. The molecule has 0 bridgehead atoms. The molecule has 2 rings (SSSR count). The fourth-order valence-electron chi connectivity index (χ4n) is 4.03. The van der Waals surface area contributed by atoms with Gasteiger partial charge in [0, 0.05) is 31.0 Å². The number of ether oxygens (including phenoxy) is 1. The Morgan fingerprint density at radius 1 is 1.38 bits per heavy atom. The van der Waals surface area contributed by atoms with E-state index in [9.17, 15) is 4.79 Å². The molecule has 1 aliphatic carbocycles. The molecule has 0 radical (unpaired) electrons. The van der Waals surface area contributed by atoms with Crippen molar-refractivity contribution in [3.63, 3.8) is 0 Å². The summed E-state index contributed by atoms with van der Waals surface area (Å²) in [6.07, 6.45) is 10.2. The molecule has 1 saturated heterocycles. The topological polar surface area (TPSA) is 29.5 Å². The third-order valence-electron chi connectivity index (χ3n) is 5.91. The first-order valence-corrected chi connectivity index (χ1v) is 9.43. The van der Waals surface area contributed by atoms with Gasteiger partial charge in [0.05, 0.1) is 13.2 Å². The molecule has 0 amide bonds. The lowest BCUT2D eigenvalue weighted by molar-refractivity contribution is -0.115. The van der Waals surface area contributed by atoms with Crippen LogP contribution in [-0.4, -0.2) is 42.5 Å². The highest BCUT2D eigenvalue weighted by atomic mass is 16.5. The lowest BCUT2D eigenvalue weighted by Crippen LogP contribution is -2.50. The van der Waals surface area contributed by atoms with Crippen LogP contribution in [0.3, 0.4) is 0 Å². The molecule has 3 nitrogen and oxygen atoms in total. The van der Waals surface area contributed by atoms with Crippen LogP contribution in [0, 0.1) is 11.3 Å². The van der Waals surface area contributed by atoms with E-state index in [0.717, 1.165) is 39.1 Å². The van der Waals surface area contributed by atoms with Crippen LogP contribution in [0.4, 0.5) is 0 Å². The summed E-state index contributed by atoms with van der Waals surface area (Å²) in [5.41, 5.74) is 1.72. The van der Waals surface area contributed by atoms with Crippen molar-refractivity contribution in [2.75, 3.05) is 26.3 Å². The van der Waals surface area contributed by atoms with Gasteiger partial charge < -0.3 is 4.74 Å². The summed E-state index contributed by atoms with van der Waals surface area (Å²) >= 11 is 0. The number of rotatable bonds is 6. The standard InChI is InChI=1S/C21H35NO2/c1-17-7-6-11-20(2,3)19(17)9-8-18(23)10-12-21(4,5)22-13-15-24-16-14-22/h7-9,19H,6,10-16H2,1-5H3/b9-8+. The van der Waals surface area contributed by atoms with Crippen LogP contribution in [0.1, 0.15) is 60.3 Å². The highest BCUT2D eigenvalue weighted by molar-refractivity contribution is 5.89. The number of carbonyl (C=O) groups excluding carboxylic acids is 1. The Labute approximate surface area is 148 Å². The minimum Gasteiger partial charge on any atom is -0.379 e. The number of hydrogen-bond acceptors (Lipinski definition) is 3. The van der Waals surface area contributed by atoms with Crippen LogP contribution in [0.5, 0.6) is 0 Å². The van der Waals surface area contributed by atoms with Crippen molar-refractivity contribution in [1.82, 2.24) is 4.90 Å². The van der Waals surface area contributed by atoms with Gasteiger partial charge in [-0.2, -0.15) is 0 Å². The van der Waals surface area contributed by atoms with Crippen LogP contribution < -0.4 is 0 Å². The average molecular weight is 334 g/mol. The molecule has 0 aromatic heterocycles. The second-order valence-electron chi connectivity index (χ2n) is 8.69. The molecule has 1 atom stereocenters. The van der Waals surface area contributed by atoms with E-state index in [1.54, 1.807) is 0 Å². The Morgan fingerprint density at radius 2 is 2.04 bits per heavy atom. The van der Waals surface area contributed by atoms with Crippen molar-refractivity contribution in [2.24, 2.45) is 11.3 Å². The van der Waals surface area contributed by atoms with Crippen molar-refractivity contribution < 1.29 is 9.53 Å². The molecule has 1 fully saturated rings. The Morgan fingerprint density at radius 3 is 2.67 bits per heavy atom. The summed E-state index contributed by atoms with van der Waals surface area (Å²) in [6.45, 7) is 14.9. The Balaban J connectivity index is 1.88. The van der Waals surface area contributed by atoms with Gasteiger partial charge in [0.1, 0.15) is 0 Å². The number of hydrogen-bond donors (Lipinski definition) is 0. The van der Waals surface area contributed by atoms with E-state index in [0.29, 0.717) is 12.3 Å². The zero-order valence-corrected chi connectivity index (χ0v) is 16.2. The number of ketones is 1. The molecule has 0 spiro atoms. The van der Waals surface area contributed by atoms with Crippen LogP contribution in [0.25, 0.3) is 0 Å². The third kappa shape index (κ3) is 5.03. The molecule has 136 valence electrons. The van der Waals surface area contributed by atoms with Gasteiger partial charge in [0.2, 0.25) is 0 Å². The van der Waals surface area contributed by atoms with Gasteiger partial charge in [-0.1, -0.05) is 31.6 Å². The average Bonchev–Trinajstić information content (AvgIpc) is 2.53. The molecule has 24 heavy (non-hydrogen) atoms. The molecular formula is C21H35NO2. The smallest absolute Gasteiger partial charge is 0.155 e. The Bertz CT molecular complexity index is 496. The normalized spacial score (nSPS) is 25.7. The van der Waals surface area contributed by atoms with Crippen LogP contribution >= 0.6 is 0 Å². The summed E-state index contributed by atoms with van der Waals surface area (Å²) < 4.78 is 5.43. The lowest BCUT2D eigenvalue weighted by Gasteiger charge is -2.40. The van der Waals surface area contributed by atoms with Crippen LogP contribution in [-0.2, 0) is 9.53 Å². The summed E-state index contributed by atoms with van der Waals surface area (Å²) in [6, 6.07) is 0. The first kappa shape index (κ1) is 19.4. The van der Waals surface area contributed by atoms with Crippen molar-refractivity contribution in [3.8, 4) is 0 Å². The molecule has 0 N–H and O–H groups in total. The number of carbonyl (C=O) groups is 1. The second kappa shape index (κ2) is 7.97. The second-order valence-corrected chi connectivity index (χ2v) is 8.69. The van der Waals surface area contributed by atoms with Gasteiger partial charge in [-0.15, -0.1) is 0 Å². The van der Waals surface area contributed by atoms with E-state index < -0.39 is 0 Å². The van der Waals surface area contributed by atoms with Crippen molar-refractivity contribution in [2.45, 2.75) is 65.8 Å². The maximum atomic E-state index is 12.4. The predicted molar refractivity (Wildman–Crippen MR) is 100 cm³/mol. The Kier molecular flexibility index (Phi) is 6.44. The van der Waals surface area contributed by atoms with Crippen LogP contribution in [0.2, 0.25) is 0 Å². The van der Waals surface area contributed by atoms with E-state index in [2.05, 4.69) is 51.7 Å². The maximum Gasteiger partial charge on any atom is 0.155 e. The molecule has 2 aliphatic rings. The Hall–Kier alpha value is -0.930. The van der Waals surface area contributed by atoms with Gasteiger partial charge in [-0.25, -0.2) is 0 Å². The van der Waals surface area contributed by atoms with Gasteiger partial charge >= 0.3 is 0 Å². The van der Waals surface area contributed by atoms with E-state index >= 15 is 0 Å². The largest absolute Gasteiger partial charge is 0.379 e. The zero-order chi connectivity index (χ0) is 17.8. The molecular weight excluding hydrogens is 298 g/mol. The minimum absolute atomic E-state index is 0.0627. The van der Waals surface area contributed by atoms with Gasteiger partial charge in [0.25, 0.3) is 0 Å². The van der Waals surface area contributed by atoms with E-state index in [-0.39, 0.29) is 16.7 Å². The fraction of sp³-hybridized carbons (Fsp3) is 0.762. The lowest BCUT2D eigenvalue weighted by atomic mass is 9.68. The molecule has 1 unspecified atom stereocenters. The van der Waals surface area contributed by atoms with Gasteiger partial charge in [-0.05, 0) is 51.5 Å². The molecule has 0 aromatic carbocycles. The minimum atomic E-state index is 0.0627.